The molecular formula is C14H15ClF2N2O. The van der Waals surface area contributed by atoms with Gasteiger partial charge in [-0.1, -0.05) is 0 Å². The average Bonchev–Trinajstić information content (AvgIpc) is 2.92. The van der Waals surface area contributed by atoms with Crippen LogP contribution in [0.5, 0.6) is 0 Å². The minimum atomic E-state index is -0.663. The molecule has 3 nitrogen and oxygen atoms in total. The number of hydrogen-bond acceptors (Lipinski definition) is 2. The maximum atomic E-state index is 13.9. The van der Waals surface area contributed by atoms with E-state index in [0.717, 1.165) is 12.5 Å². The number of fused-ring (bicyclic) bond motifs is 1. The predicted molar refractivity (Wildman–Crippen MR) is 73.0 cm³/mol. The van der Waals surface area contributed by atoms with Gasteiger partial charge in [0, 0.05) is 12.7 Å². The molecule has 20 heavy (non-hydrogen) atoms. The second kappa shape index (κ2) is 4.97. The summed E-state index contributed by atoms with van der Waals surface area (Å²) in [6.07, 6.45) is 0.745. The summed E-state index contributed by atoms with van der Waals surface area (Å²) in [6.45, 7) is 4.34. The van der Waals surface area contributed by atoms with Crippen LogP contribution >= 0.6 is 11.6 Å². The third kappa shape index (κ3) is 2.09. The van der Waals surface area contributed by atoms with Crippen LogP contribution in [0.25, 0.3) is 11.0 Å². The van der Waals surface area contributed by atoms with Gasteiger partial charge >= 0.3 is 0 Å². The fraction of sp³-hybridized carbons (Fsp3) is 0.500. The monoisotopic (exact) mass is 300 g/mol. The fourth-order valence-corrected chi connectivity index (χ4v) is 2.98. The van der Waals surface area contributed by atoms with E-state index in [1.807, 2.05) is 11.5 Å². The van der Waals surface area contributed by atoms with Crippen LogP contribution in [0.2, 0.25) is 0 Å². The van der Waals surface area contributed by atoms with Crippen molar-refractivity contribution in [2.45, 2.75) is 37.8 Å². The lowest BCUT2D eigenvalue weighted by Crippen LogP contribution is -2.19. The van der Waals surface area contributed by atoms with Crippen molar-refractivity contribution in [1.82, 2.24) is 9.55 Å². The first-order valence-corrected chi connectivity index (χ1v) is 7.05. The molecular weight excluding hydrogens is 286 g/mol. The lowest BCUT2D eigenvalue weighted by atomic mass is 10.1. The summed E-state index contributed by atoms with van der Waals surface area (Å²) < 4.78 is 34.8. The smallest absolute Gasteiger partial charge is 0.153 e. The lowest BCUT2D eigenvalue weighted by molar-refractivity contribution is 0.108. The van der Waals surface area contributed by atoms with Gasteiger partial charge in [0.15, 0.2) is 5.82 Å². The molecule has 1 aromatic heterocycles. The highest BCUT2D eigenvalue weighted by atomic mass is 35.5. The van der Waals surface area contributed by atoms with Gasteiger partial charge in [0.2, 0.25) is 0 Å². The molecule has 0 amide bonds. The summed E-state index contributed by atoms with van der Waals surface area (Å²) in [6, 6.07) is 2.15. The van der Waals surface area contributed by atoms with E-state index in [9.17, 15) is 8.78 Å². The number of aromatic nitrogens is 2. The maximum absolute atomic E-state index is 13.9. The van der Waals surface area contributed by atoms with Gasteiger partial charge in [0.1, 0.15) is 17.2 Å². The first-order valence-electron chi connectivity index (χ1n) is 6.61. The zero-order chi connectivity index (χ0) is 14.4. The Morgan fingerprint density at radius 2 is 2.20 bits per heavy atom. The number of ether oxygens (including phenoxy) is 1. The highest BCUT2D eigenvalue weighted by molar-refractivity contribution is 6.20. The van der Waals surface area contributed by atoms with Crippen LogP contribution in [0.3, 0.4) is 0 Å². The molecule has 1 aliphatic rings. The third-order valence-electron chi connectivity index (χ3n) is 3.76. The van der Waals surface area contributed by atoms with Gasteiger partial charge in [-0.2, -0.15) is 0 Å². The molecule has 0 N–H and O–H groups in total. The van der Waals surface area contributed by atoms with Gasteiger partial charge in [-0.15, -0.1) is 11.6 Å². The largest absolute Gasteiger partial charge is 0.376 e. The summed E-state index contributed by atoms with van der Waals surface area (Å²) in [5.74, 6) is -0.728. The number of benzene rings is 1. The Bertz CT molecular complexity index is 656. The maximum Gasteiger partial charge on any atom is 0.153 e. The number of nitrogens with zero attached hydrogens (tertiary/aromatic N) is 2. The Balaban J connectivity index is 2.28. The van der Waals surface area contributed by atoms with Gasteiger partial charge in [-0.25, -0.2) is 13.8 Å². The second-order valence-corrected chi connectivity index (χ2v) is 5.80. The molecule has 1 fully saturated rings. The Kier molecular flexibility index (Phi) is 3.42. The first kappa shape index (κ1) is 13.8. The summed E-state index contributed by atoms with van der Waals surface area (Å²) in [5.41, 5.74) is 0.598. The van der Waals surface area contributed by atoms with Crippen LogP contribution < -0.4 is 0 Å². The normalized spacial score (nSPS) is 24.4. The molecule has 0 spiro atoms. The molecule has 0 saturated carbocycles. The van der Waals surface area contributed by atoms with Gasteiger partial charge in [0.05, 0.1) is 23.0 Å². The van der Waals surface area contributed by atoms with Gasteiger partial charge in [-0.3, -0.25) is 0 Å². The van der Waals surface area contributed by atoms with Crippen molar-refractivity contribution in [1.29, 1.82) is 0 Å². The summed E-state index contributed by atoms with van der Waals surface area (Å²) in [7, 11) is 0. The van der Waals surface area contributed by atoms with Crippen LogP contribution in [-0.4, -0.2) is 22.3 Å². The molecule has 0 radical (unpaired) electrons. The summed E-state index contributed by atoms with van der Waals surface area (Å²) in [4.78, 5) is 4.27. The van der Waals surface area contributed by atoms with Crippen molar-refractivity contribution in [2.24, 2.45) is 0 Å². The van der Waals surface area contributed by atoms with E-state index in [0.29, 0.717) is 17.9 Å². The summed E-state index contributed by atoms with van der Waals surface area (Å²) >= 11 is 6.16. The van der Waals surface area contributed by atoms with E-state index in [1.165, 1.54) is 6.07 Å². The zero-order valence-corrected chi connectivity index (χ0v) is 12.0. The molecule has 6 heteroatoms. The van der Waals surface area contributed by atoms with Gasteiger partial charge in [0.25, 0.3) is 0 Å². The average molecular weight is 301 g/mol. The molecule has 0 aliphatic carbocycles. The van der Waals surface area contributed by atoms with Crippen molar-refractivity contribution in [3.8, 4) is 0 Å². The highest BCUT2D eigenvalue weighted by Gasteiger charge is 2.31. The van der Waals surface area contributed by atoms with Crippen LogP contribution in [0.4, 0.5) is 8.78 Å². The Hall–Kier alpha value is -1.20. The first-order chi connectivity index (χ1) is 9.49. The van der Waals surface area contributed by atoms with Crippen LogP contribution in [0.1, 0.15) is 37.5 Å². The Morgan fingerprint density at radius 1 is 1.45 bits per heavy atom. The van der Waals surface area contributed by atoms with E-state index in [4.69, 9.17) is 16.3 Å². The van der Waals surface area contributed by atoms with E-state index in [2.05, 4.69) is 4.98 Å². The van der Waals surface area contributed by atoms with E-state index >= 15 is 0 Å². The number of halogens is 3. The molecule has 1 saturated heterocycles. The Labute approximate surface area is 120 Å². The minimum absolute atomic E-state index is 0.00241. The highest BCUT2D eigenvalue weighted by Crippen LogP contribution is 2.35. The quantitative estimate of drug-likeness (QED) is 0.785. The van der Waals surface area contributed by atoms with E-state index in [-0.39, 0.29) is 17.7 Å². The second-order valence-electron chi connectivity index (χ2n) is 5.14. The van der Waals surface area contributed by atoms with Crippen LogP contribution in [0, 0.1) is 11.6 Å². The molecule has 3 unspecified atom stereocenters. The topological polar surface area (TPSA) is 27.1 Å². The zero-order valence-electron chi connectivity index (χ0n) is 11.2. The van der Waals surface area contributed by atoms with E-state index < -0.39 is 17.0 Å². The van der Waals surface area contributed by atoms with Crippen molar-refractivity contribution in [2.75, 3.05) is 6.61 Å². The molecule has 0 bridgehead atoms. The summed E-state index contributed by atoms with van der Waals surface area (Å²) in [5, 5.41) is -0.391. The van der Waals surface area contributed by atoms with E-state index in [1.54, 1.807) is 6.92 Å². The van der Waals surface area contributed by atoms with Crippen LogP contribution in [0.15, 0.2) is 12.1 Å². The number of imidazole rings is 1. The van der Waals surface area contributed by atoms with Gasteiger partial charge in [-0.05, 0) is 26.3 Å². The predicted octanol–water partition coefficient (Wildman–Crippen LogP) is 3.96. The third-order valence-corrected chi connectivity index (χ3v) is 3.96. The van der Waals surface area contributed by atoms with Crippen molar-refractivity contribution in [3.05, 3.63) is 29.6 Å². The van der Waals surface area contributed by atoms with Crippen molar-refractivity contribution in [3.63, 3.8) is 0 Å². The molecule has 1 aliphatic heterocycles. The fourth-order valence-electron chi connectivity index (χ4n) is 2.83. The molecule has 108 valence electrons. The number of alkyl halides is 1. The van der Waals surface area contributed by atoms with Crippen molar-refractivity contribution >= 4 is 22.6 Å². The molecule has 1 aromatic carbocycles. The van der Waals surface area contributed by atoms with Crippen LogP contribution in [-0.2, 0) is 4.74 Å². The molecule has 3 atom stereocenters. The number of rotatable bonds is 2. The molecule has 2 heterocycles. The van der Waals surface area contributed by atoms with Gasteiger partial charge < -0.3 is 9.30 Å². The SMILES string of the molecule is CC(Cl)c1nc2c(F)cc(F)cc2n1C1CCOC1C. The Morgan fingerprint density at radius 3 is 2.80 bits per heavy atom. The minimum Gasteiger partial charge on any atom is -0.376 e. The van der Waals surface area contributed by atoms with Crippen molar-refractivity contribution < 1.29 is 13.5 Å². The number of hydrogen-bond donors (Lipinski definition) is 0. The standard InChI is InChI=1S/C14H15ClF2N2O/c1-7(15)14-18-13-10(17)5-9(16)6-12(13)19(14)11-3-4-20-8(11)2/h5-8,11H,3-4H2,1-2H3. The lowest BCUT2D eigenvalue weighted by Gasteiger charge is -2.20. The molecule has 3 rings (SSSR count). The molecule has 2 aromatic rings.